The van der Waals surface area contributed by atoms with Crippen molar-refractivity contribution in [1.29, 1.82) is 0 Å². The monoisotopic (exact) mass is 468 g/mol. The number of rotatable bonds is 5. The molecule has 0 radical (unpaired) electrons. The van der Waals surface area contributed by atoms with Crippen LogP contribution in [0.15, 0.2) is 22.8 Å². The lowest BCUT2D eigenvalue weighted by molar-refractivity contribution is -0.142. The predicted molar refractivity (Wildman–Crippen MR) is 134 cm³/mol. The van der Waals surface area contributed by atoms with Gasteiger partial charge in [-0.05, 0) is 80.5 Å². The van der Waals surface area contributed by atoms with E-state index in [4.69, 9.17) is 5.11 Å². The third-order valence-electron chi connectivity index (χ3n) is 11.5. The fourth-order valence-corrected chi connectivity index (χ4v) is 8.97. The van der Waals surface area contributed by atoms with Crippen LogP contribution in [0.3, 0.4) is 0 Å². The Bertz CT molecular complexity index is 984. The fourth-order valence-electron chi connectivity index (χ4n) is 8.97. The molecule has 0 aromatic heterocycles. The van der Waals surface area contributed by atoms with Gasteiger partial charge in [0.05, 0.1) is 0 Å². The van der Waals surface area contributed by atoms with Crippen LogP contribution in [-0.4, -0.2) is 22.6 Å². The minimum Gasteiger partial charge on any atom is -0.478 e. The van der Waals surface area contributed by atoms with Crippen LogP contribution in [0.2, 0.25) is 0 Å². The number of hydrogen-bond acceptors (Lipinski definition) is 3. The molecule has 4 aliphatic carbocycles. The van der Waals surface area contributed by atoms with Crippen LogP contribution in [0.25, 0.3) is 0 Å². The van der Waals surface area contributed by atoms with E-state index in [-0.39, 0.29) is 22.2 Å². The maximum absolute atomic E-state index is 13.9. The van der Waals surface area contributed by atoms with Crippen LogP contribution < -0.4 is 0 Å². The van der Waals surface area contributed by atoms with Crippen molar-refractivity contribution in [2.24, 2.45) is 39.4 Å². The average Bonchev–Trinajstić information content (AvgIpc) is 3.04. The van der Waals surface area contributed by atoms with Gasteiger partial charge in [-0.2, -0.15) is 0 Å². The normalized spacial score (nSPS) is 40.5. The third kappa shape index (κ3) is 3.41. The summed E-state index contributed by atoms with van der Waals surface area (Å²) in [7, 11) is 0. The van der Waals surface area contributed by atoms with E-state index >= 15 is 0 Å². The first-order chi connectivity index (χ1) is 15.7. The van der Waals surface area contributed by atoms with Gasteiger partial charge in [0.2, 0.25) is 0 Å². The van der Waals surface area contributed by atoms with Gasteiger partial charge in [0.15, 0.2) is 5.78 Å². The second-order valence-corrected chi connectivity index (χ2v) is 13.2. The van der Waals surface area contributed by atoms with Gasteiger partial charge in [-0.25, -0.2) is 4.79 Å². The van der Waals surface area contributed by atoms with Gasteiger partial charge < -0.3 is 5.11 Å². The molecule has 0 bridgehead atoms. The summed E-state index contributed by atoms with van der Waals surface area (Å²) < 4.78 is 0. The van der Waals surface area contributed by atoms with Crippen molar-refractivity contribution in [2.45, 2.75) is 106 Å². The quantitative estimate of drug-likeness (QED) is 0.444. The molecular weight excluding hydrogens is 424 g/mol. The summed E-state index contributed by atoms with van der Waals surface area (Å²) in [5.41, 5.74) is 2.44. The number of allylic oxidation sites excluding steroid dienone is 3. The van der Waals surface area contributed by atoms with Crippen molar-refractivity contribution in [2.75, 3.05) is 0 Å². The zero-order chi connectivity index (χ0) is 25.3. The van der Waals surface area contributed by atoms with Gasteiger partial charge in [-0.3, -0.25) is 9.59 Å². The third-order valence-corrected chi connectivity index (χ3v) is 11.5. The Kier molecular flexibility index (Phi) is 6.10. The molecule has 4 nitrogen and oxygen atoms in total. The van der Waals surface area contributed by atoms with E-state index in [0.717, 1.165) is 50.5 Å². The molecule has 0 amide bonds. The summed E-state index contributed by atoms with van der Waals surface area (Å²) in [5.74, 6) is 0.923. The number of carbonyl (C=O) groups is 3. The largest absolute Gasteiger partial charge is 0.478 e. The molecule has 2 unspecified atom stereocenters. The lowest BCUT2D eigenvalue weighted by Crippen LogP contribution is -2.56. The molecule has 4 aliphatic rings. The number of aliphatic carboxylic acids is 1. The van der Waals surface area contributed by atoms with Crippen molar-refractivity contribution < 1.29 is 19.5 Å². The Hall–Kier alpha value is -1.71. The number of fused-ring (bicyclic) bond motifs is 4. The molecule has 2 fully saturated rings. The highest BCUT2D eigenvalue weighted by Gasteiger charge is 2.65. The summed E-state index contributed by atoms with van der Waals surface area (Å²) in [6.45, 7) is 15.3. The lowest BCUT2D eigenvalue weighted by atomic mass is 9.43. The molecule has 34 heavy (non-hydrogen) atoms. The number of carbonyl (C=O) groups excluding carboxylic acids is 2. The van der Waals surface area contributed by atoms with Gasteiger partial charge in [0.1, 0.15) is 5.78 Å². The summed E-state index contributed by atoms with van der Waals surface area (Å²) in [6, 6.07) is 0. The Balaban J connectivity index is 1.66. The molecule has 2 saturated carbocycles. The molecule has 0 saturated heterocycles. The Morgan fingerprint density at radius 1 is 1.09 bits per heavy atom. The van der Waals surface area contributed by atoms with Gasteiger partial charge in [0, 0.05) is 34.8 Å². The molecule has 4 rings (SSSR count). The van der Waals surface area contributed by atoms with Gasteiger partial charge >= 0.3 is 5.97 Å². The Morgan fingerprint density at radius 3 is 2.41 bits per heavy atom. The molecule has 0 aromatic carbocycles. The first-order valence-electron chi connectivity index (χ1n) is 13.4. The first kappa shape index (κ1) is 25.4. The smallest absolute Gasteiger partial charge is 0.330 e. The molecule has 0 spiro atoms. The van der Waals surface area contributed by atoms with E-state index in [9.17, 15) is 14.4 Å². The fraction of sp³-hybridized carbons (Fsp3) is 0.767. The van der Waals surface area contributed by atoms with Crippen LogP contribution in [-0.2, 0) is 14.4 Å². The molecule has 0 heterocycles. The maximum Gasteiger partial charge on any atom is 0.330 e. The minimum absolute atomic E-state index is 0.0478. The minimum atomic E-state index is -0.838. The Morgan fingerprint density at radius 2 is 1.76 bits per heavy atom. The van der Waals surface area contributed by atoms with Crippen molar-refractivity contribution in [3.63, 3.8) is 0 Å². The van der Waals surface area contributed by atoms with E-state index in [1.807, 2.05) is 6.08 Å². The second-order valence-electron chi connectivity index (χ2n) is 13.2. The van der Waals surface area contributed by atoms with Gasteiger partial charge in [-0.15, -0.1) is 0 Å². The van der Waals surface area contributed by atoms with E-state index < -0.39 is 11.4 Å². The molecule has 188 valence electrons. The zero-order valence-electron chi connectivity index (χ0n) is 22.3. The van der Waals surface area contributed by atoms with Crippen molar-refractivity contribution in [1.82, 2.24) is 0 Å². The van der Waals surface area contributed by atoms with Crippen LogP contribution in [0, 0.1) is 39.4 Å². The molecule has 6 atom stereocenters. The van der Waals surface area contributed by atoms with E-state index in [1.54, 1.807) is 6.92 Å². The Labute approximate surface area is 205 Å². The van der Waals surface area contributed by atoms with Crippen LogP contribution in [0.4, 0.5) is 0 Å². The van der Waals surface area contributed by atoms with Gasteiger partial charge in [-0.1, -0.05) is 53.2 Å². The van der Waals surface area contributed by atoms with Crippen LogP contribution in [0.1, 0.15) is 106 Å². The number of ketones is 2. The summed E-state index contributed by atoms with van der Waals surface area (Å²) in [5, 5.41) is 9.15. The highest BCUT2D eigenvalue weighted by molar-refractivity contribution is 6.00. The van der Waals surface area contributed by atoms with Crippen LogP contribution >= 0.6 is 0 Å². The molecule has 0 aromatic rings. The van der Waals surface area contributed by atoms with Crippen LogP contribution in [0.5, 0.6) is 0 Å². The molecule has 1 N–H and O–H groups in total. The first-order valence-corrected chi connectivity index (χ1v) is 13.4. The number of hydrogen-bond donors (Lipinski definition) is 1. The van der Waals surface area contributed by atoms with Crippen molar-refractivity contribution in [3.05, 3.63) is 22.8 Å². The number of carboxylic acids is 1. The predicted octanol–water partition coefficient (Wildman–Crippen LogP) is 6.93. The summed E-state index contributed by atoms with van der Waals surface area (Å²) in [4.78, 5) is 37.8. The standard InChI is InChI=1S/C30H44O4/c1-18(9-8-10-19(2)26(33)34)20-11-16-30(7)25-21(12-15-29(20,30)6)28(5)14-13-24(32)27(3,4)23(28)17-22(25)31/h10,18,20,23H,8-9,11-17H2,1-7H3,(H,33,34)/b19-10-/t18?,20-,23?,28+,29-,30+/m0/s1. The lowest BCUT2D eigenvalue weighted by Gasteiger charge is -2.60. The van der Waals surface area contributed by atoms with E-state index in [2.05, 4.69) is 41.5 Å². The number of carboxylic acid groups (broad SMARTS) is 1. The molecular formula is C30H44O4. The average molecular weight is 469 g/mol. The summed E-state index contributed by atoms with van der Waals surface area (Å²) in [6.07, 6.45) is 9.91. The summed E-state index contributed by atoms with van der Waals surface area (Å²) >= 11 is 0. The number of Topliss-reactive ketones (excluding diaryl/α,β-unsaturated/α-hetero) is 2. The molecule has 0 aliphatic heterocycles. The topological polar surface area (TPSA) is 71.4 Å². The maximum atomic E-state index is 13.9. The SMILES string of the molecule is C/C(=C/CCC(C)[C@@H]1CC[C@]2(C)C3=C(CC[C@@]12C)[C@@]1(C)CCC(=O)C(C)(C)C1CC3=O)C(=O)O. The highest BCUT2D eigenvalue weighted by atomic mass is 16.4. The van der Waals surface area contributed by atoms with E-state index in [1.165, 1.54) is 5.57 Å². The molecule has 4 heteroatoms. The highest BCUT2D eigenvalue weighted by Crippen LogP contribution is 2.71. The van der Waals surface area contributed by atoms with Crippen molar-refractivity contribution in [3.8, 4) is 0 Å². The van der Waals surface area contributed by atoms with Gasteiger partial charge in [0.25, 0.3) is 0 Å². The van der Waals surface area contributed by atoms with E-state index in [0.29, 0.717) is 41.8 Å². The van der Waals surface area contributed by atoms with Crippen molar-refractivity contribution >= 4 is 17.5 Å². The zero-order valence-corrected chi connectivity index (χ0v) is 22.3. The second kappa shape index (κ2) is 8.17.